The van der Waals surface area contributed by atoms with E-state index in [0.717, 1.165) is 23.1 Å². The summed E-state index contributed by atoms with van der Waals surface area (Å²) in [5, 5.41) is 2.36. The van der Waals surface area contributed by atoms with Crippen LogP contribution in [0.2, 0.25) is 0 Å². The minimum atomic E-state index is -3.66. The zero-order valence-corrected chi connectivity index (χ0v) is 15.7. The Morgan fingerprint density at radius 2 is 2.04 bits per heavy atom. The Hall–Kier alpha value is -1.84. The van der Waals surface area contributed by atoms with Crippen LogP contribution in [0.5, 0.6) is 0 Å². The molecule has 1 saturated heterocycles. The maximum Gasteiger partial charge on any atom is 0.252 e. The van der Waals surface area contributed by atoms with Gasteiger partial charge in [-0.1, -0.05) is 0 Å². The number of rotatable bonds is 4. The average molecular weight is 400 g/mol. The van der Waals surface area contributed by atoms with Gasteiger partial charge in [-0.25, -0.2) is 17.2 Å². The van der Waals surface area contributed by atoms with E-state index in [4.69, 9.17) is 0 Å². The fourth-order valence-electron chi connectivity index (χ4n) is 2.88. The predicted octanol–water partition coefficient (Wildman–Crippen LogP) is 3.37. The lowest BCUT2D eigenvalue weighted by molar-refractivity contribution is -0.120. The highest BCUT2D eigenvalue weighted by Crippen LogP contribution is 2.29. The summed E-state index contributed by atoms with van der Waals surface area (Å²) in [4.78, 5) is 13.3. The second-order valence-corrected chi connectivity index (χ2v) is 9.63. The zero-order chi connectivity index (χ0) is 18.9. The number of nitrogens with one attached hydrogen (secondary N) is 1. The van der Waals surface area contributed by atoms with Crippen molar-refractivity contribution in [2.75, 3.05) is 18.4 Å². The van der Waals surface area contributed by atoms with Crippen LogP contribution in [0.4, 0.5) is 14.5 Å². The number of nitrogens with zero attached hydrogens (tertiary/aromatic N) is 1. The first-order chi connectivity index (χ1) is 12.3. The van der Waals surface area contributed by atoms with Crippen molar-refractivity contribution in [2.24, 2.45) is 5.92 Å². The molecule has 1 amide bonds. The molecule has 140 valence electrons. The third-order valence-electron chi connectivity index (χ3n) is 4.25. The molecule has 1 aromatic carbocycles. The monoisotopic (exact) mass is 400 g/mol. The number of carbonyl (C=O) groups is 1. The number of hydrogen-bond acceptors (Lipinski definition) is 4. The Kier molecular flexibility index (Phi) is 5.40. The molecule has 26 heavy (non-hydrogen) atoms. The van der Waals surface area contributed by atoms with Gasteiger partial charge in [0.05, 0.1) is 11.6 Å². The Morgan fingerprint density at radius 3 is 2.73 bits per heavy atom. The highest BCUT2D eigenvalue weighted by molar-refractivity contribution is 7.91. The van der Waals surface area contributed by atoms with Gasteiger partial charge in [0.1, 0.15) is 15.8 Å². The lowest BCUT2D eigenvalue weighted by Crippen LogP contribution is -2.43. The van der Waals surface area contributed by atoms with Crippen molar-refractivity contribution in [3.05, 3.63) is 46.8 Å². The minimum Gasteiger partial charge on any atom is -0.323 e. The smallest absolute Gasteiger partial charge is 0.252 e. The fraction of sp³-hybridized carbons (Fsp3) is 0.353. The molecular weight excluding hydrogens is 382 g/mol. The summed E-state index contributed by atoms with van der Waals surface area (Å²) >= 11 is 1.18. The summed E-state index contributed by atoms with van der Waals surface area (Å²) in [6.45, 7) is 2.17. The van der Waals surface area contributed by atoms with E-state index < -0.39 is 33.5 Å². The molecule has 0 saturated carbocycles. The lowest BCUT2D eigenvalue weighted by Gasteiger charge is -2.30. The first kappa shape index (κ1) is 18.9. The van der Waals surface area contributed by atoms with Gasteiger partial charge in [-0.05, 0) is 44.0 Å². The number of hydrogen-bond donors (Lipinski definition) is 1. The molecule has 1 atom stereocenters. The van der Waals surface area contributed by atoms with Gasteiger partial charge in [0, 0.05) is 24.0 Å². The van der Waals surface area contributed by atoms with Crippen LogP contribution in [0.1, 0.15) is 17.7 Å². The number of halogens is 2. The van der Waals surface area contributed by atoms with Gasteiger partial charge in [-0.3, -0.25) is 4.79 Å². The molecule has 2 heterocycles. The van der Waals surface area contributed by atoms with Crippen molar-refractivity contribution in [3.63, 3.8) is 0 Å². The van der Waals surface area contributed by atoms with Crippen molar-refractivity contribution in [1.82, 2.24) is 4.31 Å². The molecule has 1 unspecified atom stereocenters. The van der Waals surface area contributed by atoms with E-state index in [9.17, 15) is 22.0 Å². The van der Waals surface area contributed by atoms with Crippen LogP contribution in [0.15, 0.2) is 34.5 Å². The fourth-order valence-corrected chi connectivity index (χ4v) is 5.84. The molecule has 1 aliphatic rings. The van der Waals surface area contributed by atoms with Gasteiger partial charge in [-0.15, -0.1) is 11.3 Å². The SMILES string of the molecule is Cc1ccc(S(=O)(=O)N2CCCC(C(=O)Nc3cc(F)ccc3F)C2)s1. The second-order valence-electron chi connectivity index (χ2n) is 6.18. The summed E-state index contributed by atoms with van der Waals surface area (Å²) < 4.78 is 53.9. The number of thiophene rings is 1. The molecule has 3 rings (SSSR count). The Bertz CT molecular complexity index is 928. The molecule has 1 fully saturated rings. The van der Waals surface area contributed by atoms with Crippen LogP contribution in [0, 0.1) is 24.5 Å². The molecular formula is C17H18F2N2O3S2. The van der Waals surface area contributed by atoms with Crippen LogP contribution >= 0.6 is 11.3 Å². The normalized spacial score (nSPS) is 18.7. The number of piperidine rings is 1. The number of anilines is 1. The van der Waals surface area contributed by atoms with E-state index in [1.165, 1.54) is 15.6 Å². The number of amides is 1. The van der Waals surface area contributed by atoms with Crippen LogP contribution in [0.25, 0.3) is 0 Å². The summed E-state index contributed by atoms with van der Waals surface area (Å²) in [5.41, 5.74) is -0.246. The molecule has 0 spiro atoms. The van der Waals surface area contributed by atoms with Crippen molar-refractivity contribution in [3.8, 4) is 0 Å². The number of benzene rings is 1. The van der Waals surface area contributed by atoms with Crippen molar-refractivity contribution in [2.45, 2.75) is 24.0 Å². The van der Waals surface area contributed by atoms with Gasteiger partial charge < -0.3 is 5.32 Å². The highest BCUT2D eigenvalue weighted by Gasteiger charge is 2.34. The molecule has 1 aromatic heterocycles. The molecule has 0 bridgehead atoms. The van der Waals surface area contributed by atoms with Crippen molar-refractivity contribution in [1.29, 1.82) is 0 Å². The zero-order valence-electron chi connectivity index (χ0n) is 14.0. The van der Waals surface area contributed by atoms with Gasteiger partial charge in [0.25, 0.3) is 10.0 Å². The van der Waals surface area contributed by atoms with Crippen LogP contribution in [-0.4, -0.2) is 31.7 Å². The van der Waals surface area contributed by atoms with E-state index in [-0.39, 0.29) is 16.4 Å². The second kappa shape index (κ2) is 7.42. The van der Waals surface area contributed by atoms with Gasteiger partial charge >= 0.3 is 0 Å². The van der Waals surface area contributed by atoms with E-state index in [1.807, 2.05) is 6.92 Å². The maximum absolute atomic E-state index is 13.7. The van der Waals surface area contributed by atoms with Crippen LogP contribution in [-0.2, 0) is 14.8 Å². The van der Waals surface area contributed by atoms with Gasteiger partial charge in [-0.2, -0.15) is 4.31 Å². The third-order valence-corrected chi connectivity index (χ3v) is 7.58. The first-order valence-corrected chi connectivity index (χ1v) is 10.4. The summed E-state index contributed by atoms with van der Waals surface area (Å²) in [7, 11) is -3.66. The number of carbonyl (C=O) groups excluding carboxylic acids is 1. The van der Waals surface area contributed by atoms with E-state index >= 15 is 0 Å². The first-order valence-electron chi connectivity index (χ1n) is 8.10. The molecule has 0 aliphatic carbocycles. The Labute approximate surface area is 154 Å². The van der Waals surface area contributed by atoms with Gasteiger partial charge in [0.2, 0.25) is 5.91 Å². The Morgan fingerprint density at radius 1 is 1.27 bits per heavy atom. The van der Waals surface area contributed by atoms with Crippen molar-refractivity contribution >= 4 is 33.0 Å². The average Bonchev–Trinajstić information content (AvgIpc) is 3.05. The molecule has 0 radical (unpaired) electrons. The minimum absolute atomic E-state index is 0.0159. The van der Waals surface area contributed by atoms with E-state index in [0.29, 0.717) is 19.4 Å². The van der Waals surface area contributed by atoms with Crippen molar-refractivity contribution < 1.29 is 22.0 Å². The van der Waals surface area contributed by atoms with Crippen LogP contribution < -0.4 is 5.32 Å². The van der Waals surface area contributed by atoms with Crippen LogP contribution in [0.3, 0.4) is 0 Å². The number of aryl methyl sites for hydroxylation is 1. The Balaban J connectivity index is 1.74. The highest BCUT2D eigenvalue weighted by atomic mass is 32.2. The van der Waals surface area contributed by atoms with E-state index in [2.05, 4.69) is 5.32 Å². The third kappa shape index (κ3) is 3.94. The topological polar surface area (TPSA) is 66.5 Å². The molecule has 5 nitrogen and oxygen atoms in total. The number of sulfonamides is 1. The molecule has 1 N–H and O–H groups in total. The molecule has 2 aromatic rings. The molecule has 9 heteroatoms. The molecule has 1 aliphatic heterocycles. The quantitative estimate of drug-likeness (QED) is 0.856. The predicted molar refractivity (Wildman–Crippen MR) is 95.5 cm³/mol. The summed E-state index contributed by atoms with van der Waals surface area (Å²) in [6.07, 6.45) is 1.01. The lowest BCUT2D eigenvalue weighted by atomic mass is 9.98. The standard InChI is InChI=1S/C17H18F2N2O3S2/c1-11-4-7-16(25-11)26(23,24)21-8-2-3-12(10-21)17(22)20-15-9-13(18)5-6-14(15)19/h4-7,9,12H,2-3,8,10H2,1H3,(H,20,22). The summed E-state index contributed by atoms with van der Waals surface area (Å²) in [5.74, 6) is -2.55. The van der Waals surface area contributed by atoms with E-state index in [1.54, 1.807) is 12.1 Å². The maximum atomic E-state index is 13.7. The largest absolute Gasteiger partial charge is 0.323 e. The summed E-state index contributed by atoms with van der Waals surface area (Å²) in [6, 6.07) is 6.09. The van der Waals surface area contributed by atoms with Gasteiger partial charge in [0.15, 0.2) is 0 Å².